The van der Waals surface area contributed by atoms with Gasteiger partial charge < -0.3 is 5.73 Å². The molecule has 0 amide bonds. The highest BCUT2D eigenvalue weighted by Gasteiger charge is 2.34. The van der Waals surface area contributed by atoms with Crippen molar-refractivity contribution in [1.29, 1.82) is 0 Å². The Labute approximate surface area is 97.5 Å². The van der Waals surface area contributed by atoms with Crippen molar-refractivity contribution in [2.45, 2.75) is 19.4 Å². The number of aryl methyl sites for hydroxylation is 1. The summed E-state index contributed by atoms with van der Waals surface area (Å²) >= 11 is 0. The summed E-state index contributed by atoms with van der Waals surface area (Å²) in [6, 6.07) is -0.396. The van der Waals surface area contributed by atoms with Crippen LogP contribution in [-0.4, -0.2) is 34.6 Å². The number of hydrogen-bond acceptors (Lipinski definition) is 6. The lowest BCUT2D eigenvalue weighted by molar-refractivity contribution is -0.384. The topological polar surface area (TPSA) is 121 Å². The molecule has 2 heterocycles. The number of nitro groups is 1. The van der Waals surface area contributed by atoms with Crippen LogP contribution in [0.1, 0.15) is 18.2 Å². The predicted molar refractivity (Wildman–Crippen MR) is 60.3 cm³/mol. The van der Waals surface area contributed by atoms with Crippen LogP contribution >= 0.6 is 0 Å². The van der Waals surface area contributed by atoms with E-state index in [1.54, 1.807) is 0 Å². The van der Waals surface area contributed by atoms with Gasteiger partial charge >= 0.3 is 5.69 Å². The van der Waals surface area contributed by atoms with Crippen molar-refractivity contribution in [2.24, 2.45) is 0 Å². The van der Waals surface area contributed by atoms with Crippen LogP contribution in [0.15, 0.2) is 0 Å². The van der Waals surface area contributed by atoms with E-state index in [1.165, 1.54) is 11.6 Å². The van der Waals surface area contributed by atoms with Crippen molar-refractivity contribution in [1.82, 2.24) is 9.78 Å². The lowest BCUT2D eigenvalue weighted by Crippen LogP contribution is -2.15. The summed E-state index contributed by atoms with van der Waals surface area (Å²) in [4.78, 5) is 10.2. The average Bonchev–Trinajstić information content (AvgIpc) is 2.67. The molecule has 0 saturated carbocycles. The van der Waals surface area contributed by atoms with E-state index in [0.717, 1.165) is 0 Å². The van der Waals surface area contributed by atoms with Crippen LogP contribution in [0.25, 0.3) is 0 Å². The molecule has 1 unspecified atom stereocenters. The van der Waals surface area contributed by atoms with Crippen molar-refractivity contribution in [3.8, 4) is 0 Å². The molecule has 8 nitrogen and oxygen atoms in total. The van der Waals surface area contributed by atoms with Crippen molar-refractivity contribution in [3.63, 3.8) is 0 Å². The second-order valence-corrected chi connectivity index (χ2v) is 6.31. The molecule has 1 saturated heterocycles. The second kappa shape index (κ2) is 3.69. The summed E-state index contributed by atoms with van der Waals surface area (Å²) in [6.45, 7) is 1.48. The lowest BCUT2D eigenvalue weighted by atomic mass is 10.3. The van der Waals surface area contributed by atoms with Gasteiger partial charge in [0.1, 0.15) is 5.69 Å². The molecule has 94 valence electrons. The summed E-state index contributed by atoms with van der Waals surface area (Å²) in [7, 11) is -3.07. The maximum atomic E-state index is 11.3. The third-order valence-electron chi connectivity index (χ3n) is 2.83. The van der Waals surface area contributed by atoms with Crippen LogP contribution in [0.5, 0.6) is 0 Å². The quantitative estimate of drug-likeness (QED) is 0.592. The maximum Gasteiger partial charge on any atom is 0.333 e. The molecule has 1 aliphatic rings. The lowest BCUT2D eigenvalue weighted by Gasteiger charge is -2.09. The first-order valence-electron chi connectivity index (χ1n) is 5.01. The zero-order valence-corrected chi connectivity index (χ0v) is 9.98. The molecule has 2 N–H and O–H groups in total. The van der Waals surface area contributed by atoms with Gasteiger partial charge in [-0.2, -0.15) is 5.10 Å². The fraction of sp³-hybridized carbons (Fsp3) is 0.625. The van der Waals surface area contributed by atoms with Crippen molar-refractivity contribution >= 4 is 21.3 Å². The summed E-state index contributed by atoms with van der Waals surface area (Å²) in [5.74, 6) is -0.0613. The molecule has 0 bridgehead atoms. The molecule has 0 aliphatic carbocycles. The Morgan fingerprint density at radius 3 is 2.65 bits per heavy atom. The van der Waals surface area contributed by atoms with Gasteiger partial charge in [-0.1, -0.05) is 0 Å². The highest BCUT2D eigenvalue weighted by Crippen LogP contribution is 2.32. The predicted octanol–water partition coefficient (Wildman–Crippen LogP) is 0.0415. The highest BCUT2D eigenvalue weighted by atomic mass is 32.2. The van der Waals surface area contributed by atoms with Crippen LogP contribution in [-0.2, 0) is 9.84 Å². The second-order valence-electron chi connectivity index (χ2n) is 4.08. The number of aromatic nitrogens is 2. The van der Waals surface area contributed by atoms with E-state index in [1.807, 2.05) is 0 Å². The van der Waals surface area contributed by atoms with Crippen molar-refractivity contribution in [2.75, 3.05) is 17.2 Å². The van der Waals surface area contributed by atoms with Crippen LogP contribution in [0.4, 0.5) is 11.5 Å². The van der Waals surface area contributed by atoms with Crippen molar-refractivity contribution < 1.29 is 13.3 Å². The fourth-order valence-electron chi connectivity index (χ4n) is 2.03. The molecule has 1 aliphatic heterocycles. The van der Waals surface area contributed by atoms with Gasteiger partial charge in [0.2, 0.25) is 5.82 Å². The SMILES string of the molecule is Cc1nn(C2CCS(=O)(=O)C2)c(N)c1[N+](=O)[O-]. The first-order chi connectivity index (χ1) is 7.82. The highest BCUT2D eigenvalue weighted by molar-refractivity contribution is 7.91. The fourth-order valence-corrected chi connectivity index (χ4v) is 3.72. The van der Waals surface area contributed by atoms with Gasteiger partial charge in [0.15, 0.2) is 9.84 Å². The first-order valence-corrected chi connectivity index (χ1v) is 6.83. The number of sulfone groups is 1. The van der Waals surface area contributed by atoms with Gasteiger partial charge in [-0.15, -0.1) is 0 Å². The van der Waals surface area contributed by atoms with Gasteiger partial charge in [0, 0.05) is 0 Å². The minimum absolute atomic E-state index is 0.0600. The number of nitrogens with two attached hydrogens (primary N) is 1. The maximum absolute atomic E-state index is 11.3. The minimum Gasteiger partial charge on any atom is -0.378 e. The summed E-state index contributed by atoms with van der Waals surface area (Å²) in [6.07, 6.45) is 0.394. The number of rotatable bonds is 2. The Morgan fingerprint density at radius 2 is 2.24 bits per heavy atom. The third kappa shape index (κ3) is 1.97. The average molecular weight is 260 g/mol. The number of hydrogen-bond donors (Lipinski definition) is 1. The van der Waals surface area contributed by atoms with Crippen LogP contribution in [0, 0.1) is 17.0 Å². The van der Waals surface area contributed by atoms with E-state index in [-0.39, 0.29) is 28.7 Å². The molecule has 1 fully saturated rings. The van der Waals surface area contributed by atoms with E-state index in [9.17, 15) is 18.5 Å². The number of anilines is 1. The third-order valence-corrected chi connectivity index (χ3v) is 4.58. The van der Waals surface area contributed by atoms with Crippen LogP contribution in [0.2, 0.25) is 0 Å². The molecule has 1 aromatic rings. The molecule has 0 spiro atoms. The van der Waals surface area contributed by atoms with E-state index < -0.39 is 20.8 Å². The molecule has 9 heteroatoms. The molecule has 0 radical (unpaired) electrons. The van der Waals surface area contributed by atoms with E-state index in [0.29, 0.717) is 6.42 Å². The van der Waals surface area contributed by atoms with E-state index in [2.05, 4.69) is 5.10 Å². The largest absolute Gasteiger partial charge is 0.378 e. The summed E-state index contributed by atoms with van der Waals surface area (Å²) in [5.41, 5.74) is 5.60. The van der Waals surface area contributed by atoms with Gasteiger partial charge in [-0.05, 0) is 13.3 Å². The Balaban J connectivity index is 2.42. The van der Waals surface area contributed by atoms with Gasteiger partial charge in [0.25, 0.3) is 0 Å². The zero-order chi connectivity index (χ0) is 12.8. The van der Waals surface area contributed by atoms with Crippen molar-refractivity contribution in [3.05, 3.63) is 15.8 Å². The summed E-state index contributed by atoms with van der Waals surface area (Å²) in [5, 5.41) is 14.7. The van der Waals surface area contributed by atoms with Crippen LogP contribution < -0.4 is 5.73 Å². The monoisotopic (exact) mass is 260 g/mol. The Kier molecular flexibility index (Phi) is 2.57. The normalized spacial score (nSPS) is 22.8. The first kappa shape index (κ1) is 11.8. The van der Waals surface area contributed by atoms with E-state index in [4.69, 9.17) is 5.73 Å². The Bertz CT molecular complexity index is 577. The standard InChI is InChI=1S/C8H12N4O4S/c1-5-7(12(13)14)8(9)11(10-5)6-2-3-17(15,16)4-6/h6H,2-4,9H2,1H3. The minimum atomic E-state index is -3.07. The van der Waals surface area contributed by atoms with Gasteiger partial charge in [-0.25, -0.2) is 13.1 Å². The number of nitrogen functional groups attached to an aromatic ring is 1. The summed E-state index contributed by atoms with van der Waals surface area (Å²) < 4.78 is 23.9. The molecule has 1 atom stereocenters. The number of nitrogens with zero attached hydrogens (tertiary/aromatic N) is 3. The molecule has 17 heavy (non-hydrogen) atoms. The van der Waals surface area contributed by atoms with Gasteiger partial charge in [0.05, 0.1) is 22.5 Å². The van der Waals surface area contributed by atoms with Gasteiger partial charge in [-0.3, -0.25) is 10.1 Å². The molecule has 1 aromatic heterocycles. The van der Waals surface area contributed by atoms with Crippen LogP contribution in [0.3, 0.4) is 0 Å². The zero-order valence-electron chi connectivity index (χ0n) is 9.16. The molecule has 0 aromatic carbocycles. The Morgan fingerprint density at radius 1 is 1.59 bits per heavy atom. The molecule has 2 rings (SSSR count). The smallest absolute Gasteiger partial charge is 0.333 e. The van der Waals surface area contributed by atoms with E-state index >= 15 is 0 Å². The molecular weight excluding hydrogens is 248 g/mol. The Hall–Kier alpha value is -1.64. The molecular formula is C8H12N4O4S.